The van der Waals surface area contributed by atoms with E-state index in [2.05, 4.69) is 25.7 Å². The van der Waals surface area contributed by atoms with Gasteiger partial charge in [-0.25, -0.2) is 0 Å². The zero-order chi connectivity index (χ0) is 36.8. The highest BCUT2D eigenvalue weighted by atomic mass is 16.5. The third-order valence-corrected chi connectivity index (χ3v) is 10.7. The maximum atomic E-state index is 13.2. The molecule has 0 heterocycles. The van der Waals surface area contributed by atoms with Gasteiger partial charge in [-0.3, -0.25) is 9.59 Å². The van der Waals surface area contributed by atoms with Crippen molar-refractivity contribution in [3.05, 3.63) is 0 Å². The molecule has 5 nitrogen and oxygen atoms in total. The van der Waals surface area contributed by atoms with Gasteiger partial charge < -0.3 is 14.7 Å². The molecule has 0 saturated carbocycles. The van der Waals surface area contributed by atoms with Crippen molar-refractivity contribution >= 4 is 11.8 Å². The Morgan fingerprint density at radius 3 is 1.32 bits per heavy atom. The molecule has 1 N–H and O–H groups in total. The molecule has 0 aromatic rings. The Balaban J connectivity index is 4.02. The average molecular weight is 708 g/mol. The van der Waals surface area contributed by atoms with Crippen LogP contribution in [0.25, 0.3) is 0 Å². The van der Waals surface area contributed by atoms with Crippen LogP contribution in [0.2, 0.25) is 0 Å². The van der Waals surface area contributed by atoms with Crippen molar-refractivity contribution < 1.29 is 19.4 Å². The molecule has 298 valence electrons. The largest absolute Gasteiger partial charge is 0.463 e. The minimum absolute atomic E-state index is 0.0274. The van der Waals surface area contributed by atoms with Crippen LogP contribution < -0.4 is 0 Å². The van der Waals surface area contributed by atoms with E-state index >= 15 is 0 Å². The first-order valence-electron chi connectivity index (χ1n) is 22.5. The van der Waals surface area contributed by atoms with Gasteiger partial charge in [0.05, 0.1) is 12.7 Å². The lowest BCUT2D eigenvalue weighted by Gasteiger charge is -2.21. The van der Waals surface area contributed by atoms with Crippen LogP contribution >= 0.6 is 0 Å². The van der Waals surface area contributed by atoms with Gasteiger partial charge in [-0.1, -0.05) is 168 Å². The SMILES string of the molecule is CCCCCCCCC(C)OC(=O)CCCCCCCN(CCO)CCCCCCCC(=O)C(CCCCCCCC)CCCCCCCC. The van der Waals surface area contributed by atoms with Crippen LogP contribution in [-0.4, -0.2) is 54.1 Å². The molecule has 0 rings (SSSR count). The average Bonchev–Trinajstić information content (AvgIpc) is 3.10. The molecule has 0 aromatic carbocycles. The van der Waals surface area contributed by atoms with E-state index in [0.29, 0.717) is 18.1 Å². The molecule has 0 amide bonds. The Morgan fingerprint density at radius 1 is 0.480 bits per heavy atom. The summed E-state index contributed by atoms with van der Waals surface area (Å²) in [6.07, 6.45) is 39.3. The van der Waals surface area contributed by atoms with Crippen LogP contribution in [-0.2, 0) is 14.3 Å². The highest BCUT2D eigenvalue weighted by Gasteiger charge is 2.17. The molecule has 0 radical (unpaired) electrons. The number of carbonyl (C=O) groups is 2. The fourth-order valence-corrected chi connectivity index (χ4v) is 7.34. The standard InChI is InChI=1S/C45H89NO4/c1-5-8-11-14-19-26-33-42(4)50-45(49)37-30-23-18-25-32-39-46(40-41-47)38-31-24-17-22-29-36-44(48)43(34-27-20-15-12-9-6-2)35-28-21-16-13-10-7-3/h42-43,47H,5-41H2,1-4H3. The lowest BCUT2D eigenvalue weighted by Crippen LogP contribution is -2.29. The van der Waals surface area contributed by atoms with Crippen LogP contribution in [0.5, 0.6) is 0 Å². The van der Waals surface area contributed by atoms with Crippen LogP contribution in [0.3, 0.4) is 0 Å². The van der Waals surface area contributed by atoms with E-state index in [1.165, 1.54) is 135 Å². The lowest BCUT2D eigenvalue weighted by molar-refractivity contribution is -0.148. The summed E-state index contributed by atoms with van der Waals surface area (Å²) >= 11 is 0. The summed E-state index contributed by atoms with van der Waals surface area (Å²) in [5, 5.41) is 9.57. The van der Waals surface area contributed by atoms with Crippen molar-refractivity contribution in [1.82, 2.24) is 4.90 Å². The van der Waals surface area contributed by atoms with Crippen LogP contribution in [0.15, 0.2) is 0 Å². The highest BCUT2D eigenvalue weighted by Crippen LogP contribution is 2.23. The predicted molar refractivity (Wildman–Crippen MR) is 217 cm³/mol. The molecule has 0 saturated heterocycles. The van der Waals surface area contributed by atoms with E-state index in [-0.39, 0.29) is 18.7 Å². The Bertz CT molecular complexity index is 697. The van der Waals surface area contributed by atoms with Gasteiger partial charge in [0.2, 0.25) is 0 Å². The van der Waals surface area contributed by atoms with Gasteiger partial charge in [-0.2, -0.15) is 0 Å². The summed E-state index contributed by atoms with van der Waals surface area (Å²) in [6, 6.07) is 0. The fourth-order valence-electron chi connectivity index (χ4n) is 7.34. The summed E-state index contributed by atoms with van der Waals surface area (Å²) in [5.41, 5.74) is 0. The second kappa shape index (κ2) is 39.3. The number of aliphatic hydroxyl groups excluding tert-OH is 1. The third-order valence-electron chi connectivity index (χ3n) is 10.7. The molecule has 0 bridgehead atoms. The van der Waals surface area contributed by atoms with E-state index in [4.69, 9.17) is 4.74 Å². The summed E-state index contributed by atoms with van der Waals surface area (Å²) in [7, 11) is 0. The number of hydrogen-bond donors (Lipinski definition) is 1. The summed E-state index contributed by atoms with van der Waals surface area (Å²) in [6.45, 7) is 11.9. The Kier molecular flexibility index (Phi) is 38.5. The molecule has 0 spiro atoms. The maximum absolute atomic E-state index is 13.2. The Morgan fingerprint density at radius 2 is 0.860 bits per heavy atom. The highest BCUT2D eigenvalue weighted by molar-refractivity contribution is 5.80. The normalized spacial score (nSPS) is 12.3. The number of Topliss-reactive ketones (excluding diaryl/α,β-unsaturated/α-hetero) is 1. The number of ether oxygens (including phenoxy) is 1. The van der Waals surface area contributed by atoms with Crippen LogP contribution in [0.4, 0.5) is 0 Å². The quantitative estimate of drug-likeness (QED) is 0.0506. The van der Waals surface area contributed by atoms with Gasteiger partial charge in [-0.05, 0) is 71.4 Å². The molecular weight excluding hydrogens is 618 g/mol. The second-order valence-corrected chi connectivity index (χ2v) is 15.7. The Hall–Kier alpha value is -0.940. The van der Waals surface area contributed by atoms with Crippen molar-refractivity contribution in [2.75, 3.05) is 26.2 Å². The van der Waals surface area contributed by atoms with E-state index in [1.54, 1.807) is 0 Å². The molecule has 1 atom stereocenters. The molecule has 1 unspecified atom stereocenters. The maximum Gasteiger partial charge on any atom is 0.306 e. The first-order chi connectivity index (χ1) is 24.5. The zero-order valence-electron chi connectivity index (χ0n) is 34.4. The van der Waals surface area contributed by atoms with E-state index in [0.717, 1.165) is 90.3 Å². The molecule has 5 heteroatoms. The smallest absolute Gasteiger partial charge is 0.306 e. The summed E-state index contributed by atoms with van der Waals surface area (Å²) in [4.78, 5) is 27.8. The lowest BCUT2D eigenvalue weighted by atomic mass is 9.88. The number of carbonyl (C=O) groups excluding carboxylic acids is 2. The molecular formula is C45H89NO4. The second-order valence-electron chi connectivity index (χ2n) is 15.7. The third kappa shape index (κ3) is 34.2. The van der Waals surface area contributed by atoms with Gasteiger partial charge in [-0.15, -0.1) is 0 Å². The first-order valence-corrected chi connectivity index (χ1v) is 22.5. The first kappa shape index (κ1) is 49.1. The molecule has 0 aliphatic heterocycles. The molecule has 50 heavy (non-hydrogen) atoms. The van der Waals surface area contributed by atoms with E-state index in [1.807, 2.05) is 6.92 Å². The van der Waals surface area contributed by atoms with Gasteiger partial charge >= 0.3 is 5.97 Å². The minimum atomic E-state index is -0.0274. The Labute approximate surface area is 313 Å². The van der Waals surface area contributed by atoms with Gasteiger partial charge in [0.25, 0.3) is 0 Å². The molecule has 0 aliphatic carbocycles. The number of aliphatic hydroxyl groups is 1. The number of nitrogens with zero attached hydrogens (tertiary/aromatic N) is 1. The van der Waals surface area contributed by atoms with Crippen molar-refractivity contribution in [2.24, 2.45) is 5.92 Å². The van der Waals surface area contributed by atoms with E-state index < -0.39 is 0 Å². The van der Waals surface area contributed by atoms with Gasteiger partial charge in [0, 0.05) is 25.3 Å². The number of rotatable bonds is 41. The molecule has 0 aromatic heterocycles. The fraction of sp³-hybridized carbons (Fsp3) is 0.956. The number of unbranched alkanes of at least 4 members (excludes halogenated alkanes) is 23. The number of hydrogen-bond acceptors (Lipinski definition) is 5. The predicted octanol–water partition coefficient (Wildman–Crippen LogP) is 13.3. The molecule has 0 fully saturated rings. The number of ketones is 1. The van der Waals surface area contributed by atoms with Gasteiger partial charge in [0.1, 0.15) is 5.78 Å². The monoisotopic (exact) mass is 708 g/mol. The van der Waals surface area contributed by atoms with E-state index in [9.17, 15) is 14.7 Å². The number of esters is 1. The topological polar surface area (TPSA) is 66.8 Å². The molecule has 0 aliphatic rings. The van der Waals surface area contributed by atoms with Crippen molar-refractivity contribution in [3.63, 3.8) is 0 Å². The zero-order valence-corrected chi connectivity index (χ0v) is 34.4. The van der Waals surface area contributed by atoms with Crippen molar-refractivity contribution in [2.45, 2.75) is 246 Å². The van der Waals surface area contributed by atoms with Crippen molar-refractivity contribution in [3.8, 4) is 0 Å². The van der Waals surface area contributed by atoms with Crippen LogP contribution in [0, 0.1) is 5.92 Å². The minimum Gasteiger partial charge on any atom is -0.463 e. The van der Waals surface area contributed by atoms with Crippen LogP contribution in [0.1, 0.15) is 240 Å². The van der Waals surface area contributed by atoms with Crippen molar-refractivity contribution in [1.29, 1.82) is 0 Å². The summed E-state index contributed by atoms with van der Waals surface area (Å²) < 4.78 is 5.62. The summed E-state index contributed by atoms with van der Waals surface area (Å²) in [5.74, 6) is 0.833. The van der Waals surface area contributed by atoms with Gasteiger partial charge in [0.15, 0.2) is 0 Å².